The van der Waals surface area contributed by atoms with Gasteiger partial charge >= 0.3 is 11.9 Å². The Morgan fingerprint density at radius 3 is 2.62 bits per heavy atom. The molecule has 6 rings (SSSR count). The van der Waals surface area contributed by atoms with Crippen LogP contribution >= 0.6 is 0 Å². The molecule has 0 amide bonds. The predicted octanol–water partition coefficient (Wildman–Crippen LogP) is -0.542. The van der Waals surface area contributed by atoms with Gasteiger partial charge in [-0.2, -0.15) is 0 Å². The lowest BCUT2D eigenvalue weighted by Gasteiger charge is -2.49. The fourth-order valence-electron chi connectivity index (χ4n) is 5.88. The molecular formula is C26H30O13. The van der Waals surface area contributed by atoms with Crippen LogP contribution in [0.3, 0.4) is 0 Å². The number of hydrogen-bond acceptors (Lipinski definition) is 13. The Hall–Kier alpha value is -2.62. The van der Waals surface area contributed by atoms with E-state index in [4.69, 9.17) is 37.9 Å². The van der Waals surface area contributed by atoms with Crippen LogP contribution in [0.2, 0.25) is 0 Å². The van der Waals surface area contributed by atoms with Gasteiger partial charge in [-0.05, 0) is 12.5 Å². The highest BCUT2D eigenvalue weighted by Crippen LogP contribution is 2.43. The summed E-state index contributed by atoms with van der Waals surface area (Å²) in [6.45, 7) is 5.54. The molecule has 13 nitrogen and oxygen atoms in total. The van der Waals surface area contributed by atoms with Crippen molar-refractivity contribution in [3.63, 3.8) is 0 Å². The third-order valence-corrected chi connectivity index (χ3v) is 7.95. The second-order valence-corrected chi connectivity index (χ2v) is 10.0. The van der Waals surface area contributed by atoms with Crippen LogP contribution in [0.15, 0.2) is 47.3 Å². The van der Waals surface area contributed by atoms with Gasteiger partial charge in [-0.3, -0.25) is 0 Å². The van der Waals surface area contributed by atoms with Gasteiger partial charge in [0.2, 0.25) is 6.29 Å². The van der Waals surface area contributed by atoms with Crippen LogP contribution in [0.25, 0.3) is 0 Å². The zero-order valence-corrected chi connectivity index (χ0v) is 21.1. The first-order valence-corrected chi connectivity index (χ1v) is 12.8. The maximum Gasteiger partial charge on any atom is 0.340 e. The molecule has 3 N–H and O–H groups in total. The van der Waals surface area contributed by atoms with Crippen molar-refractivity contribution in [2.24, 2.45) is 5.92 Å². The lowest BCUT2D eigenvalue weighted by atomic mass is 9.76. The SMILES string of the molecule is C=CC1C(OC2OC3COC4OC(OC3C(O)C2O)C(=CC)C2=C4C(=O)OCC2)OC=C2C(=O)OCCC21O. The number of carbonyl (C=O) groups excluding carboxylic acids is 2. The van der Waals surface area contributed by atoms with Crippen LogP contribution in [-0.2, 0) is 47.5 Å². The summed E-state index contributed by atoms with van der Waals surface area (Å²) in [5.41, 5.74) is -0.156. The van der Waals surface area contributed by atoms with Crippen LogP contribution in [0.5, 0.6) is 0 Å². The number of cyclic esters (lactones) is 2. The van der Waals surface area contributed by atoms with Gasteiger partial charge in [0.25, 0.3) is 0 Å². The Morgan fingerprint density at radius 2 is 1.85 bits per heavy atom. The molecule has 10 atom stereocenters. The fraction of sp³-hybridized carbons (Fsp3) is 0.615. The zero-order valence-electron chi connectivity index (χ0n) is 21.1. The number of aliphatic hydroxyl groups is 3. The van der Waals surface area contributed by atoms with E-state index in [0.29, 0.717) is 17.6 Å². The molecule has 0 aromatic rings. The summed E-state index contributed by atoms with van der Waals surface area (Å²) >= 11 is 0. The van der Waals surface area contributed by atoms with Gasteiger partial charge in [-0.15, -0.1) is 6.58 Å². The van der Waals surface area contributed by atoms with Gasteiger partial charge < -0.3 is 53.2 Å². The predicted molar refractivity (Wildman–Crippen MR) is 125 cm³/mol. The maximum absolute atomic E-state index is 12.5. The number of esters is 2. The van der Waals surface area contributed by atoms with E-state index in [2.05, 4.69) is 6.58 Å². The van der Waals surface area contributed by atoms with Crippen molar-refractivity contribution in [1.82, 2.24) is 0 Å². The molecule has 0 spiro atoms. The molecule has 6 heterocycles. The minimum atomic E-state index is -1.66. The van der Waals surface area contributed by atoms with E-state index in [1.165, 1.54) is 6.08 Å². The Morgan fingerprint density at radius 1 is 1.05 bits per heavy atom. The van der Waals surface area contributed by atoms with E-state index in [1.54, 1.807) is 13.0 Å². The summed E-state index contributed by atoms with van der Waals surface area (Å²) in [5.74, 6) is -2.17. The van der Waals surface area contributed by atoms with Gasteiger partial charge in [0.1, 0.15) is 35.6 Å². The summed E-state index contributed by atoms with van der Waals surface area (Å²) in [6, 6.07) is 0. The standard InChI is InChI=1S/C26H30O13/c1-3-11-12-5-7-32-21(30)16(12)24-35-10-15-19(37-22(11)38-24)17(27)18(28)25(36-15)39-23-13(4-2)26(31)6-8-33-20(29)14(26)9-34-23/h3-4,9,13,15,17-19,22-25,27-28,31H,2,5-8,10H2,1H3. The molecule has 6 aliphatic heterocycles. The molecule has 6 aliphatic rings. The molecule has 0 saturated carbocycles. The Kier molecular flexibility index (Phi) is 6.88. The minimum absolute atomic E-state index is 0.00623. The molecule has 13 heteroatoms. The topological polar surface area (TPSA) is 169 Å². The van der Waals surface area contributed by atoms with E-state index in [-0.39, 0.29) is 37.4 Å². The summed E-state index contributed by atoms with van der Waals surface area (Å²) in [7, 11) is 0. The average Bonchev–Trinajstić information content (AvgIpc) is 2.90. The number of aliphatic hydroxyl groups excluding tert-OH is 2. The highest BCUT2D eigenvalue weighted by atomic mass is 16.8. The fourth-order valence-corrected chi connectivity index (χ4v) is 5.88. The summed E-state index contributed by atoms with van der Waals surface area (Å²) in [4.78, 5) is 24.7. The summed E-state index contributed by atoms with van der Waals surface area (Å²) < 4.78 is 45.6. The molecule has 2 bridgehead atoms. The zero-order chi connectivity index (χ0) is 27.5. The smallest absolute Gasteiger partial charge is 0.340 e. The maximum atomic E-state index is 12.5. The number of hydrogen-bond donors (Lipinski definition) is 3. The van der Waals surface area contributed by atoms with E-state index in [1.807, 2.05) is 0 Å². The van der Waals surface area contributed by atoms with E-state index >= 15 is 0 Å². The van der Waals surface area contributed by atoms with Gasteiger partial charge in [0, 0.05) is 18.4 Å². The molecule has 0 aliphatic carbocycles. The number of ether oxygens (including phenoxy) is 8. The molecule has 3 fully saturated rings. The first kappa shape index (κ1) is 26.6. The van der Waals surface area contributed by atoms with E-state index in [9.17, 15) is 24.9 Å². The van der Waals surface area contributed by atoms with Crippen LogP contribution < -0.4 is 0 Å². The number of rotatable bonds is 3. The monoisotopic (exact) mass is 550 g/mol. The van der Waals surface area contributed by atoms with Crippen LogP contribution in [-0.4, -0.2) is 102 Å². The average molecular weight is 551 g/mol. The van der Waals surface area contributed by atoms with Crippen molar-refractivity contribution in [2.75, 3.05) is 19.8 Å². The third-order valence-electron chi connectivity index (χ3n) is 7.95. The van der Waals surface area contributed by atoms with Crippen molar-refractivity contribution in [3.05, 3.63) is 47.3 Å². The van der Waals surface area contributed by atoms with Crippen molar-refractivity contribution in [3.8, 4) is 0 Å². The molecule has 0 aromatic carbocycles. The molecule has 10 unspecified atom stereocenters. The Balaban J connectivity index is 1.24. The summed E-state index contributed by atoms with van der Waals surface area (Å²) in [5, 5.41) is 33.3. The van der Waals surface area contributed by atoms with Gasteiger partial charge in [0.05, 0.1) is 37.6 Å². The molecule has 3 saturated heterocycles. The second-order valence-electron chi connectivity index (χ2n) is 10.0. The lowest BCUT2D eigenvalue weighted by molar-refractivity contribution is -0.375. The molecule has 0 aromatic heterocycles. The van der Waals surface area contributed by atoms with Crippen molar-refractivity contribution in [2.45, 2.75) is 74.9 Å². The molecular weight excluding hydrogens is 520 g/mol. The minimum Gasteiger partial charge on any atom is -0.471 e. The highest BCUT2D eigenvalue weighted by Gasteiger charge is 2.56. The van der Waals surface area contributed by atoms with E-state index in [0.717, 1.165) is 6.26 Å². The first-order chi connectivity index (χ1) is 18.8. The van der Waals surface area contributed by atoms with Crippen molar-refractivity contribution >= 4 is 11.9 Å². The van der Waals surface area contributed by atoms with Gasteiger partial charge in [-0.1, -0.05) is 12.2 Å². The lowest BCUT2D eigenvalue weighted by Crippen LogP contribution is -2.64. The van der Waals surface area contributed by atoms with Gasteiger partial charge in [-0.25, -0.2) is 9.59 Å². The Labute approximate surface area is 223 Å². The Bertz CT molecular complexity index is 1140. The van der Waals surface area contributed by atoms with E-state index < -0.39 is 73.0 Å². The number of allylic oxidation sites excluding steroid dienone is 1. The van der Waals surface area contributed by atoms with Crippen LogP contribution in [0.1, 0.15) is 19.8 Å². The van der Waals surface area contributed by atoms with Gasteiger partial charge in [0.15, 0.2) is 18.9 Å². The van der Waals surface area contributed by atoms with Crippen molar-refractivity contribution in [1.29, 1.82) is 0 Å². The molecule has 0 radical (unpaired) electrons. The molecule has 39 heavy (non-hydrogen) atoms. The van der Waals surface area contributed by atoms with Crippen LogP contribution in [0.4, 0.5) is 0 Å². The van der Waals surface area contributed by atoms with Crippen molar-refractivity contribution < 1.29 is 62.8 Å². The largest absolute Gasteiger partial charge is 0.471 e. The number of carbonyl (C=O) groups is 2. The molecule has 212 valence electrons. The summed E-state index contributed by atoms with van der Waals surface area (Å²) in [6.07, 6.45) is -5.09. The normalized spacial score (nSPS) is 44.9. The third kappa shape index (κ3) is 4.24. The first-order valence-electron chi connectivity index (χ1n) is 12.8. The van der Waals surface area contributed by atoms with Crippen LogP contribution in [0, 0.1) is 5.92 Å². The number of fused-ring (bicyclic) bond motifs is 5. The highest BCUT2D eigenvalue weighted by molar-refractivity contribution is 5.92. The second kappa shape index (κ2) is 10.1. The quantitative estimate of drug-likeness (QED) is 0.303.